The van der Waals surface area contributed by atoms with Crippen LogP contribution in [-0.4, -0.2) is 27.7 Å². The van der Waals surface area contributed by atoms with Crippen molar-refractivity contribution >= 4 is 39.2 Å². The summed E-state index contributed by atoms with van der Waals surface area (Å²) in [5.41, 5.74) is 4.11. The van der Waals surface area contributed by atoms with Gasteiger partial charge in [0.05, 0.1) is 23.0 Å². The number of fused-ring (bicyclic) bond motifs is 1. The molecular weight excluding hydrogens is 370 g/mol. The fourth-order valence-electron chi connectivity index (χ4n) is 2.40. The maximum Gasteiger partial charge on any atom is 0.260 e. The number of nitrogens with one attached hydrogen (secondary N) is 2. The fourth-order valence-corrected chi connectivity index (χ4v) is 4.11. The molecule has 136 valence electrons. The number of amides is 1. The van der Waals surface area contributed by atoms with Gasteiger partial charge in [0, 0.05) is 10.9 Å². The topological polar surface area (TPSA) is 84.1 Å². The number of hydrogen-bond acceptors (Lipinski definition) is 6. The van der Waals surface area contributed by atoms with Gasteiger partial charge in [0.25, 0.3) is 11.5 Å². The number of aromatic amines is 1. The minimum atomic E-state index is -0.314. The van der Waals surface area contributed by atoms with Crippen LogP contribution in [0.25, 0.3) is 21.3 Å². The van der Waals surface area contributed by atoms with Crippen molar-refractivity contribution in [2.75, 3.05) is 6.61 Å². The Morgan fingerprint density at radius 1 is 1.38 bits per heavy atom. The number of rotatable bonds is 7. The zero-order chi connectivity index (χ0) is 18.5. The summed E-state index contributed by atoms with van der Waals surface area (Å²) in [6, 6.07) is 9.78. The van der Waals surface area contributed by atoms with Gasteiger partial charge in [0.15, 0.2) is 0 Å². The van der Waals surface area contributed by atoms with Gasteiger partial charge in [-0.15, -0.1) is 23.1 Å². The summed E-state index contributed by atoms with van der Waals surface area (Å²) in [5.74, 6) is 0.789. The maximum atomic E-state index is 12.6. The summed E-state index contributed by atoms with van der Waals surface area (Å²) in [4.78, 5) is 37.4. The SMILES string of the molecule is CCONC(=O)[C@@H](C)SCc1nc2scc(-c3ccccc3)c2c(=O)[nH]1. The normalized spacial score (nSPS) is 12.2. The van der Waals surface area contributed by atoms with Crippen molar-refractivity contribution in [2.45, 2.75) is 24.9 Å². The van der Waals surface area contributed by atoms with Gasteiger partial charge in [0.1, 0.15) is 10.7 Å². The number of hydroxylamine groups is 1. The van der Waals surface area contributed by atoms with Gasteiger partial charge < -0.3 is 4.98 Å². The van der Waals surface area contributed by atoms with Crippen molar-refractivity contribution in [3.8, 4) is 11.1 Å². The molecule has 0 spiro atoms. The average Bonchev–Trinajstić information content (AvgIpc) is 3.09. The molecule has 0 unspecified atom stereocenters. The molecule has 26 heavy (non-hydrogen) atoms. The Bertz CT molecular complexity index is 953. The van der Waals surface area contributed by atoms with Crippen molar-refractivity contribution in [2.24, 2.45) is 0 Å². The van der Waals surface area contributed by atoms with Crippen LogP contribution in [-0.2, 0) is 15.4 Å². The van der Waals surface area contributed by atoms with Crippen molar-refractivity contribution < 1.29 is 9.63 Å². The Morgan fingerprint density at radius 3 is 2.88 bits per heavy atom. The molecule has 1 aromatic carbocycles. The van der Waals surface area contributed by atoms with E-state index in [1.807, 2.05) is 35.7 Å². The van der Waals surface area contributed by atoms with Crippen LogP contribution in [0.4, 0.5) is 0 Å². The molecule has 0 radical (unpaired) electrons. The Labute approximate surface area is 159 Å². The third-order valence-corrected chi connectivity index (χ3v) is 5.76. The molecule has 8 heteroatoms. The first kappa shape index (κ1) is 18.6. The molecule has 0 fully saturated rings. The zero-order valence-corrected chi connectivity index (χ0v) is 16.1. The lowest BCUT2D eigenvalue weighted by Gasteiger charge is -2.10. The molecule has 0 aliphatic carbocycles. The van der Waals surface area contributed by atoms with Gasteiger partial charge in [-0.05, 0) is 19.4 Å². The van der Waals surface area contributed by atoms with E-state index in [-0.39, 0.29) is 16.7 Å². The van der Waals surface area contributed by atoms with E-state index in [2.05, 4.69) is 15.4 Å². The molecular formula is C18H19N3O3S2. The molecule has 0 aliphatic rings. The van der Waals surface area contributed by atoms with Crippen LogP contribution in [0.3, 0.4) is 0 Å². The molecule has 1 amide bonds. The van der Waals surface area contributed by atoms with Gasteiger partial charge in [-0.3, -0.25) is 14.4 Å². The maximum absolute atomic E-state index is 12.6. The number of thiophene rings is 1. The van der Waals surface area contributed by atoms with Crippen molar-refractivity contribution in [3.63, 3.8) is 0 Å². The fraction of sp³-hybridized carbons (Fsp3) is 0.278. The van der Waals surface area contributed by atoms with E-state index in [4.69, 9.17) is 4.84 Å². The van der Waals surface area contributed by atoms with Crippen LogP contribution in [0.5, 0.6) is 0 Å². The quantitative estimate of drug-likeness (QED) is 0.606. The van der Waals surface area contributed by atoms with Crippen LogP contribution in [0.1, 0.15) is 19.7 Å². The molecule has 0 saturated carbocycles. The monoisotopic (exact) mass is 389 g/mol. The van der Waals surface area contributed by atoms with Crippen LogP contribution < -0.4 is 11.0 Å². The third kappa shape index (κ3) is 4.14. The van der Waals surface area contributed by atoms with Crippen molar-refractivity contribution in [3.05, 3.63) is 51.9 Å². The van der Waals surface area contributed by atoms with Crippen molar-refractivity contribution in [1.29, 1.82) is 0 Å². The van der Waals surface area contributed by atoms with Crippen molar-refractivity contribution in [1.82, 2.24) is 15.4 Å². The summed E-state index contributed by atoms with van der Waals surface area (Å²) in [6.45, 7) is 4.00. The Morgan fingerprint density at radius 2 is 2.15 bits per heavy atom. The van der Waals surface area contributed by atoms with Gasteiger partial charge in [-0.25, -0.2) is 10.5 Å². The molecule has 2 N–H and O–H groups in total. The highest BCUT2D eigenvalue weighted by atomic mass is 32.2. The Hall–Kier alpha value is -2.16. The first-order valence-electron chi connectivity index (χ1n) is 8.19. The Kier molecular flexibility index (Phi) is 6.08. The molecule has 2 heterocycles. The lowest BCUT2D eigenvalue weighted by Crippen LogP contribution is -2.31. The molecule has 0 saturated heterocycles. The summed E-state index contributed by atoms with van der Waals surface area (Å²) in [6.07, 6.45) is 0. The highest BCUT2D eigenvalue weighted by molar-refractivity contribution is 7.99. The van der Waals surface area contributed by atoms with Crippen LogP contribution in [0.15, 0.2) is 40.5 Å². The summed E-state index contributed by atoms with van der Waals surface area (Å²) in [5, 5.41) is 2.25. The molecule has 3 rings (SSSR count). The first-order valence-corrected chi connectivity index (χ1v) is 10.1. The number of nitrogens with zero attached hydrogens (tertiary/aromatic N) is 1. The first-order chi connectivity index (χ1) is 12.6. The number of hydrogen-bond donors (Lipinski definition) is 2. The number of aromatic nitrogens is 2. The number of carbonyl (C=O) groups excluding carboxylic acids is 1. The Balaban J connectivity index is 1.78. The standard InChI is InChI=1S/C18H19N3O3S2/c1-3-24-21-16(22)11(2)25-10-14-19-17(23)15-13(9-26-18(15)20-14)12-7-5-4-6-8-12/h4-9,11H,3,10H2,1-2H3,(H,21,22)(H,19,20,23)/t11-/m1/s1. The summed E-state index contributed by atoms with van der Waals surface area (Å²) < 4.78 is 0. The highest BCUT2D eigenvalue weighted by Crippen LogP contribution is 2.30. The predicted molar refractivity (Wildman–Crippen MR) is 106 cm³/mol. The molecule has 0 bridgehead atoms. The second-order valence-corrected chi connectivity index (χ2v) is 7.75. The van der Waals surface area contributed by atoms with Crippen LogP contribution in [0, 0.1) is 0 Å². The average molecular weight is 390 g/mol. The number of H-pyrrole nitrogens is 1. The second-order valence-electron chi connectivity index (χ2n) is 5.56. The molecule has 0 aliphatic heterocycles. The third-order valence-electron chi connectivity index (χ3n) is 3.73. The lowest BCUT2D eigenvalue weighted by atomic mass is 10.1. The lowest BCUT2D eigenvalue weighted by molar-refractivity contribution is -0.132. The molecule has 3 aromatic rings. The van der Waals surface area contributed by atoms with E-state index in [9.17, 15) is 9.59 Å². The highest BCUT2D eigenvalue weighted by Gasteiger charge is 2.16. The van der Waals surface area contributed by atoms with E-state index < -0.39 is 0 Å². The van der Waals surface area contributed by atoms with Gasteiger partial charge >= 0.3 is 0 Å². The number of carbonyl (C=O) groups is 1. The van der Waals surface area contributed by atoms with Crippen LogP contribution >= 0.6 is 23.1 Å². The molecule has 2 aromatic heterocycles. The second kappa shape index (κ2) is 8.48. The minimum absolute atomic E-state index is 0.155. The van der Waals surface area contributed by atoms with E-state index in [0.717, 1.165) is 11.1 Å². The van der Waals surface area contributed by atoms with E-state index in [0.29, 0.717) is 28.4 Å². The van der Waals surface area contributed by atoms with E-state index in [1.165, 1.54) is 23.1 Å². The minimum Gasteiger partial charge on any atom is -0.309 e. The zero-order valence-electron chi connectivity index (χ0n) is 14.4. The van der Waals surface area contributed by atoms with Crippen LogP contribution in [0.2, 0.25) is 0 Å². The molecule has 6 nitrogen and oxygen atoms in total. The number of benzene rings is 1. The number of thioether (sulfide) groups is 1. The van der Waals surface area contributed by atoms with E-state index >= 15 is 0 Å². The predicted octanol–water partition coefficient (Wildman–Crippen LogP) is 3.34. The van der Waals surface area contributed by atoms with Gasteiger partial charge in [0.2, 0.25) is 0 Å². The smallest absolute Gasteiger partial charge is 0.260 e. The largest absolute Gasteiger partial charge is 0.309 e. The van der Waals surface area contributed by atoms with Gasteiger partial charge in [-0.1, -0.05) is 30.3 Å². The van der Waals surface area contributed by atoms with E-state index in [1.54, 1.807) is 13.8 Å². The summed E-state index contributed by atoms with van der Waals surface area (Å²) in [7, 11) is 0. The molecule has 1 atom stereocenters. The summed E-state index contributed by atoms with van der Waals surface area (Å²) >= 11 is 2.84. The van der Waals surface area contributed by atoms with Gasteiger partial charge in [-0.2, -0.15) is 0 Å².